The highest BCUT2D eigenvalue weighted by Crippen LogP contribution is 2.57. The van der Waals surface area contributed by atoms with Gasteiger partial charge in [0.25, 0.3) is 0 Å². The van der Waals surface area contributed by atoms with E-state index in [0.29, 0.717) is 0 Å². The number of thiophene rings is 3. The molecule has 0 saturated carbocycles. The van der Waals surface area contributed by atoms with E-state index >= 15 is 0 Å². The molecule has 3 aromatic rings. The van der Waals surface area contributed by atoms with Crippen molar-refractivity contribution in [1.29, 1.82) is 0 Å². The number of halogens is 1. The molecule has 0 aliphatic carbocycles. The second-order valence-corrected chi connectivity index (χ2v) is 18.8. The van der Waals surface area contributed by atoms with Crippen LogP contribution in [0.4, 0.5) is 0 Å². The zero-order valence-corrected chi connectivity index (χ0v) is 25.5. The Morgan fingerprint density at radius 2 is 0.733 bits per heavy atom. The summed E-state index contributed by atoms with van der Waals surface area (Å²) >= 11 is 6.10. The maximum absolute atomic E-state index is 2.54. The van der Waals surface area contributed by atoms with E-state index in [9.17, 15) is 0 Å². The quantitative estimate of drug-likeness (QED) is 0.307. The third kappa shape index (κ3) is 5.25. The third-order valence-corrected chi connectivity index (χ3v) is 16.5. The van der Waals surface area contributed by atoms with Gasteiger partial charge in [0.2, 0.25) is 0 Å². The van der Waals surface area contributed by atoms with Crippen LogP contribution in [-0.2, 0) is 16.2 Å². The normalized spacial score (nSPS) is 13.4. The van der Waals surface area contributed by atoms with E-state index < -0.39 is 7.26 Å². The first-order valence-electron chi connectivity index (χ1n) is 10.3. The molecule has 3 heterocycles. The summed E-state index contributed by atoms with van der Waals surface area (Å²) in [5.74, 6) is 0. The zero-order valence-electron chi connectivity index (χ0n) is 20.0. The molecule has 5 heteroatoms. The van der Waals surface area contributed by atoms with Crippen molar-refractivity contribution < 1.29 is 24.0 Å². The second kappa shape index (κ2) is 8.89. The molecule has 0 saturated heterocycles. The van der Waals surface area contributed by atoms with Crippen molar-refractivity contribution in [2.24, 2.45) is 0 Å². The lowest BCUT2D eigenvalue weighted by molar-refractivity contribution is -0.00000710. The van der Waals surface area contributed by atoms with Crippen molar-refractivity contribution in [3.8, 4) is 0 Å². The predicted octanol–water partition coefficient (Wildman–Crippen LogP) is 4.69. The molecular formula is C25H36IPS3. The van der Waals surface area contributed by atoms with Crippen molar-refractivity contribution in [3.63, 3.8) is 0 Å². The Balaban J connectivity index is 0.00000320. The average molecular weight is 591 g/mol. The van der Waals surface area contributed by atoms with Crippen LogP contribution in [-0.4, -0.2) is 6.66 Å². The summed E-state index contributed by atoms with van der Waals surface area (Å²) in [6, 6.07) is 14.4. The first-order valence-corrected chi connectivity index (χ1v) is 15.0. The third-order valence-electron chi connectivity index (χ3n) is 5.32. The average Bonchev–Trinajstić information content (AvgIpc) is 3.30. The van der Waals surface area contributed by atoms with E-state index in [1.165, 1.54) is 14.6 Å². The maximum Gasteiger partial charge on any atom is 0.158 e. The molecule has 0 bridgehead atoms. The Kier molecular flexibility index (Phi) is 7.86. The van der Waals surface area contributed by atoms with Crippen molar-refractivity contribution in [1.82, 2.24) is 0 Å². The van der Waals surface area contributed by atoms with Gasteiger partial charge in [0.05, 0.1) is 6.66 Å². The molecular weight excluding hydrogens is 554 g/mol. The molecule has 3 aromatic heterocycles. The highest BCUT2D eigenvalue weighted by molar-refractivity contribution is 8.03. The minimum atomic E-state index is -1.62. The van der Waals surface area contributed by atoms with Crippen LogP contribution in [0.15, 0.2) is 36.4 Å². The summed E-state index contributed by atoms with van der Waals surface area (Å²) in [5.41, 5.74) is 0.601. The van der Waals surface area contributed by atoms with Gasteiger partial charge in [-0.1, -0.05) is 62.3 Å². The molecule has 0 atom stereocenters. The Morgan fingerprint density at radius 1 is 0.500 bits per heavy atom. The SMILES string of the molecule is CC(C)(C)c1ccc([P+](C)(c2ccc(C(C)(C)C)s2)c2ccc(C(C)(C)C)s2)s1.[I-]. The fraction of sp³-hybridized carbons (Fsp3) is 0.520. The summed E-state index contributed by atoms with van der Waals surface area (Å²) in [5, 5.41) is 0. The molecule has 0 radical (unpaired) electrons. The minimum Gasteiger partial charge on any atom is -1.00 e. The Morgan fingerprint density at radius 3 is 0.900 bits per heavy atom. The van der Waals surface area contributed by atoms with Crippen molar-refractivity contribution >= 4 is 55.1 Å². The number of hydrogen-bond donors (Lipinski definition) is 0. The Hall–Kier alpha value is 0.260. The fourth-order valence-corrected chi connectivity index (χ4v) is 12.8. The lowest BCUT2D eigenvalue weighted by Gasteiger charge is -2.20. The van der Waals surface area contributed by atoms with E-state index in [-0.39, 0.29) is 40.2 Å². The van der Waals surface area contributed by atoms with Crippen LogP contribution >= 0.6 is 41.3 Å². The molecule has 0 N–H and O–H groups in total. The molecule has 166 valence electrons. The number of rotatable bonds is 3. The fourth-order valence-electron chi connectivity index (χ4n) is 3.24. The standard InChI is InChI=1S/C25H36PS3.HI/c1-23(2,3)17-11-14-20(27-17)26(10,21-15-12-18(28-21)24(4,5)6)22-16-13-19(29-22)25(7,8)9;/h11-16H,1-10H3;1H/q+1;/p-1. The summed E-state index contributed by atoms with van der Waals surface area (Å²) in [6.07, 6.45) is 0. The summed E-state index contributed by atoms with van der Waals surface area (Å²) in [6.45, 7) is 23.5. The molecule has 0 aliphatic heterocycles. The molecule has 30 heavy (non-hydrogen) atoms. The Labute approximate surface area is 213 Å². The van der Waals surface area contributed by atoms with Crippen LogP contribution in [0, 0.1) is 0 Å². The first-order chi connectivity index (χ1) is 13.1. The largest absolute Gasteiger partial charge is 1.00 e. The smallest absolute Gasteiger partial charge is 0.158 e. The van der Waals surface area contributed by atoms with Crippen LogP contribution in [0.3, 0.4) is 0 Å². The van der Waals surface area contributed by atoms with Crippen LogP contribution < -0.4 is 37.8 Å². The maximum atomic E-state index is 2.54. The van der Waals surface area contributed by atoms with Crippen LogP contribution in [0.5, 0.6) is 0 Å². The molecule has 0 aromatic carbocycles. The number of hydrogen-bond acceptors (Lipinski definition) is 3. The summed E-state index contributed by atoms with van der Waals surface area (Å²) in [4.78, 5) is 4.46. The van der Waals surface area contributed by atoms with Crippen LogP contribution in [0.2, 0.25) is 0 Å². The van der Waals surface area contributed by atoms with Crippen LogP contribution in [0.1, 0.15) is 76.9 Å². The van der Waals surface area contributed by atoms with E-state index in [4.69, 9.17) is 0 Å². The van der Waals surface area contributed by atoms with Gasteiger partial charge in [0.1, 0.15) is 7.26 Å². The lowest BCUT2D eigenvalue weighted by atomic mass is 9.95. The topological polar surface area (TPSA) is 0 Å². The molecule has 0 aliphatic rings. The second-order valence-electron chi connectivity index (χ2n) is 11.2. The van der Waals surface area contributed by atoms with Gasteiger partial charge in [-0.25, -0.2) is 0 Å². The van der Waals surface area contributed by atoms with Gasteiger partial charge in [-0.2, -0.15) is 0 Å². The van der Waals surface area contributed by atoms with Gasteiger partial charge >= 0.3 is 0 Å². The van der Waals surface area contributed by atoms with Gasteiger partial charge < -0.3 is 24.0 Å². The molecule has 0 spiro atoms. The van der Waals surface area contributed by atoms with Gasteiger partial charge in [0, 0.05) is 14.6 Å². The predicted molar refractivity (Wildman–Crippen MR) is 141 cm³/mol. The van der Waals surface area contributed by atoms with E-state index in [2.05, 4.69) is 105 Å². The van der Waals surface area contributed by atoms with E-state index in [1.54, 1.807) is 13.9 Å². The Bertz CT molecular complexity index is 860. The molecule has 0 nitrogen and oxygen atoms in total. The van der Waals surface area contributed by atoms with Gasteiger partial charge in [-0.05, 0) is 52.6 Å². The van der Waals surface area contributed by atoms with Gasteiger partial charge in [-0.15, -0.1) is 34.0 Å². The van der Waals surface area contributed by atoms with Crippen molar-refractivity contribution in [2.45, 2.75) is 78.6 Å². The first kappa shape index (κ1) is 26.5. The van der Waals surface area contributed by atoms with Gasteiger partial charge in [0.15, 0.2) is 13.9 Å². The molecule has 3 rings (SSSR count). The lowest BCUT2D eigenvalue weighted by Crippen LogP contribution is -3.00. The highest BCUT2D eigenvalue weighted by atomic mass is 127. The van der Waals surface area contributed by atoms with Crippen molar-refractivity contribution in [3.05, 3.63) is 51.0 Å². The van der Waals surface area contributed by atoms with Gasteiger partial charge in [-0.3, -0.25) is 0 Å². The monoisotopic (exact) mass is 590 g/mol. The molecule has 0 unspecified atom stereocenters. The summed E-state index contributed by atoms with van der Waals surface area (Å²) < 4.78 is 4.69. The van der Waals surface area contributed by atoms with Crippen LogP contribution in [0.25, 0.3) is 0 Å². The highest BCUT2D eigenvalue weighted by Gasteiger charge is 2.46. The molecule has 0 fully saturated rings. The summed E-state index contributed by atoms with van der Waals surface area (Å²) in [7, 11) is -1.62. The zero-order chi connectivity index (χ0) is 21.8. The van der Waals surface area contributed by atoms with Crippen molar-refractivity contribution in [2.75, 3.05) is 6.66 Å². The van der Waals surface area contributed by atoms with E-state index in [0.717, 1.165) is 0 Å². The van der Waals surface area contributed by atoms with E-state index in [1.807, 2.05) is 34.0 Å². The minimum absolute atomic E-state index is 0. The molecule has 0 amide bonds.